The Morgan fingerprint density at radius 2 is 2.44 bits per heavy atom. The Bertz CT molecular complexity index is 376. The third-order valence-electron chi connectivity index (χ3n) is 1.85. The van der Waals surface area contributed by atoms with E-state index in [0.717, 1.165) is 0 Å². The molecule has 1 heterocycles. The van der Waals surface area contributed by atoms with Crippen molar-refractivity contribution in [2.24, 2.45) is 5.73 Å². The minimum Gasteiger partial charge on any atom is -0.358 e. The normalized spacial score (nSPS) is 10.1. The van der Waals surface area contributed by atoms with Gasteiger partial charge >= 0.3 is 5.82 Å². The number of amides is 1. The summed E-state index contributed by atoms with van der Waals surface area (Å²) in [7, 11) is 0. The van der Waals surface area contributed by atoms with Gasteiger partial charge in [-0.25, -0.2) is 0 Å². The van der Waals surface area contributed by atoms with Crippen molar-refractivity contribution in [3.63, 3.8) is 0 Å². The van der Waals surface area contributed by atoms with Crippen LogP contribution in [0.15, 0.2) is 12.3 Å². The molecule has 0 radical (unpaired) electrons. The van der Waals surface area contributed by atoms with E-state index in [4.69, 9.17) is 5.73 Å². The summed E-state index contributed by atoms with van der Waals surface area (Å²) in [5.74, 6) is -0.369. The molecule has 0 bridgehead atoms. The van der Waals surface area contributed by atoms with Crippen molar-refractivity contribution in [2.75, 3.05) is 13.1 Å². The number of carbonyl (C=O) groups is 1. The van der Waals surface area contributed by atoms with Crippen molar-refractivity contribution < 1.29 is 9.72 Å². The Balaban J connectivity index is 2.36. The number of hydrogen-bond acceptors (Lipinski definition) is 5. The molecule has 0 aliphatic carbocycles. The van der Waals surface area contributed by atoms with E-state index in [1.165, 1.54) is 16.9 Å². The fraction of sp³-hybridized carbons (Fsp3) is 0.500. The van der Waals surface area contributed by atoms with Crippen LogP contribution in [0.1, 0.15) is 6.42 Å². The Kier molecular flexibility index (Phi) is 4.40. The first kappa shape index (κ1) is 12.1. The molecule has 0 fully saturated rings. The average molecular weight is 227 g/mol. The molecule has 3 N–H and O–H groups in total. The highest BCUT2D eigenvalue weighted by Gasteiger charge is 2.11. The SMILES string of the molecule is NCCNC(=O)CCn1ccc([N+](=O)[O-])n1. The van der Waals surface area contributed by atoms with Crippen molar-refractivity contribution in [1.82, 2.24) is 15.1 Å². The molecular weight excluding hydrogens is 214 g/mol. The Hall–Kier alpha value is -1.96. The maximum Gasteiger partial charge on any atom is 0.389 e. The number of nitro groups is 1. The van der Waals surface area contributed by atoms with E-state index in [9.17, 15) is 14.9 Å². The van der Waals surface area contributed by atoms with Gasteiger partial charge in [0, 0.05) is 19.5 Å². The molecule has 0 saturated carbocycles. The van der Waals surface area contributed by atoms with Crippen LogP contribution < -0.4 is 11.1 Å². The summed E-state index contributed by atoms with van der Waals surface area (Å²) in [5, 5.41) is 16.6. The van der Waals surface area contributed by atoms with Crippen molar-refractivity contribution in [2.45, 2.75) is 13.0 Å². The summed E-state index contributed by atoms with van der Waals surface area (Å²) in [6.07, 6.45) is 1.69. The molecular formula is C8H13N5O3. The van der Waals surface area contributed by atoms with E-state index >= 15 is 0 Å². The van der Waals surface area contributed by atoms with Gasteiger partial charge in [0.2, 0.25) is 5.91 Å². The molecule has 0 aliphatic heterocycles. The highest BCUT2D eigenvalue weighted by Crippen LogP contribution is 2.05. The van der Waals surface area contributed by atoms with Crippen LogP contribution in [-0.2, 0) is 11.3 Å². The molecule has 0 aromatic carbocycles. The lowest BCUT2D eigenvalue weighted by Crippen LogP contribution is -2.29. The maximum absolute atomic E-state index is 11.2. The lowest BCUT2D eigenvalue weighted by Gasteiger charge is -2.01. The lowest BCUT2D eigenvalue weighted by molar-refractivity contribution is -0.389. The third kappa shape index (κ3) is 3.65. The first-order valence-corrected chi connectivity index (χ1v) is 4.78. The Morgan fingerprint density at radius 3 is 3.00 bits per heavy atom. The highest BCUT2D eigenvalue weighted by molar-refractivity contribution is 5.75. The van der Waals surface area contributed by atoms with Gasteiger partial charge in [-0.3, -0.25) is 4.79 Å². The van der Waals surface area contributed by atoms with Gasteiger partial charge in [-0.15, -0.1) is 0 Å². The topological polar surface area (TPSA) is 116 Å². The van der Waals surface area contributed by atoms with Gasteiger partial charge in [0.25, 0.3) is 0 Å². The highest BCUT2D eigenvalue weighted by atomic mass is 16.6. The largest absolute Gasteiger partial charge is 0.389 e. The molecule has 88 valence electrons. The van der Waals surface area contributed by atoms with E-state index in [0.29, 0.717) is 19.6 Å². The molecule has 0 aliphatic rings. The van der Waals surface area contributed by atoms with Crippen molar-refractivity contribution in [1.29, 1.82) is 0 Å². The molecule has 8 heteroatoms. The summed E-state index contributed by atoms with van der Waals surface area (Å²) >= 11 is 0. The molecule has 1 amide bonds. The number of nitrogens with two attached hydrogens (primary N) is 1. The van der Waals surface area contributed by atoms with E-state index in [-0.39, 0.29) is 18.1 Å². The van der Waals surface area contributed by atoms with Gasteiger partial charge in [0.15, 0.2) is 0 Å². The quantitative estimate of drug-likeness (QED) is 0.490. The van der Waals surface area contributed by atoms with Gasteiger partial charge in [-0.2, -0.15) is 4.68 Å². The Morgan fingerprint density at radius 1 is 1.69 bits per heavy atom. The number of aryl methyl sites for hydroxylation is 1. The minimum absolute atomic E-state index is 0.149. The second-order valence-electron chi connectivity index (χ2n) is 3.08. The smallest absolute Gasteiger partial charge is 0.358 e. The van der Waals surface area contributed by atoms with Gasteiger partial charge in [0.1, 0.15) is 0 Å². The molecule has 1 rings (SSSR count). The number of rotatable bonds is 6. The number of carbonyl (C=O) groups excluding carboxylic acids is 1. The zero-order valence-electron chi connectivity index (χ0n) is 8.63. The molecule has 1 aromatic rings. The van der Waals surface area contributed by atoms with E-state index in [1.807, 2.05) is 0 Å². The van der Waals surface area contributed by atoms with Crippen LogP contribution in [0, 0.1) is 10.1 Å². The van der Waals surface area contributed by atoms with Crippen molar-refractivity contribution >= 4 is 11.7 Å². The van der Waals surface area contributed by atoms with E-state index in [1.54, 1.807) is 0 Å². The second-order valence-corrected chi connectivity index (χ2v) is 3.08. The fourth-order valence-corrected chi connectivity index (χ4v) is 1.09. The maximum atomic E-state index is 11.2. The summed E-state index contributed by atoms with van der Waals surface area (Å²) in [4.78, 5) is 20.9. The van der Waals surface area contributed by atoms with Gasteiger partial charge in [0.05, 0.1) is 23.9 Å². The molecule has 0 unspecified atom stereocenters. The monoisotopic (exact) mass is 227 g/mol. The summed E-state index contributed by atoms with van der Waals surface area (Å²) in [6.45, 7) is 1.13. The zero-order valence-corrected chi connectivity index (χ0v) is 8.63. The number of nitrogens with one attached hydrogen (secondary N) is 1. The van der Waals surface area contributed by atoms with Crippen LogP contribution in [0.4, 0.5) is 5.82 Å². The van der Waals surface area contributed by atoms with Crippen LogP contribution in [0.25, 0.3) is 0 Å². The summed E-state index contributed by atoms with van der Waals surface area (Å²) in [6, 6.07) is 1.29. The van der Waals surface area contributed by atoms with E-state index < -0.39 is 4.92 Å². The first-order valence-electron chi connectivity index (χ1n) is 4.78. The van der Waals surface area contributed by atoms with Crippen LogP contribution in [0.5, 0.6) is 0 Å². The van der Waals surface area contributed by atoms with Gasteiger partial charge in [-0.05, 0) is 4.92 Å². The molecule has 16 heavy (non-hydrogen) atoms. The Labute approximate surface area is 91.6 Å². The lowest BCUT2D eigenvalue weighted by atomic mass is 10.4. The van der Waals surface area contributed by atoms with Crippen LogP contribution in [0.3, 0.4) is 0 Å². The fourth-order valence-electron chi connectivity index (χ4n) is 1.09. The van der Waals surface area contributed by atoms with E-state index in [2.05, 4.69) is 10.4 Å². The second kappa shape index (κ2) is 5.81. The first-order chi connectivity index (χ1) is 7.63. The summed E-state index contributed by atoms with van der Waals surface area (Å²) in [5.41, 5.74) is 5.21. The minimum atomic E-state index is -0.578. The van der Waals surface area contributed by atoms with Crippen molar-refractivity contribution in [3.05, 3.63) is 22.4 Å². The molecule has 8 nitrogen and oxygen atoms in total. The number of hydrogen-bond donors (Lipinski definition) is 2. The molecule has 1 aromatic heterocycles. The summed E-state index contributed by atoms with van der Waals surface area (Å²) < 4.78 is 1.36. The molecule has 0 atom stereocenters. The predicted molar refractivity (Wildman–Crippen MR) is 55.6 cm³/mol. The average Bonchev–Trinajstić information content (AvgIpc) is 2.72. The van der Waals surface area contributed by atoms with Gasteiger partial charge < -0.3 is 21.2 Å². The third-order valence-corrected chi connectivity index (χ3v) is 1.85. The number of aromatic nitrogens is 2. The van der Waals surface area contributed by atoms with Crippen LogP contribution in [0.2, 0.25) is 0 Å². The molecule has 0 spiro atoms. The molecule has 0 saturated heterocycles. The van der Waals surface area contributed by atoms with Crippen LogP contribution in [-0.4, -0.2) is 33.7 Å². The standard InChI is InChI=1S/C8H13N5O3/c9-3-4-10-8(14)2-6-12-5-1-7(11-12)13(15)16/h1,5H,2-4,6,9H2,(H,10,14). The number of nitrogens with zero attached hydrogens (tertiary/aromatic N) is 3. The van der Waals surface area contributed by atoms with Crippen LogP contribution >= 0.6 is 0 Å². The van der Waals surface area contributed by atoms with Crippen molar-refractivity contribution in [3.8, 4) is 0 Å². The predicted octanol–water partition coefficient (Wildman–Crippen LogP) is -0.744. The van der Waals surface area contributed by atoms with Gasteiger partial charge in [-0.1, -0.05) is 0 Å². The zero-order chi connectivity index (χ0) is 12.0.